The van der Waals surface area contributed by atoms with Gasteiger partial charge in [-0.05, 0) is 19.3 Å². The average Bonchev–Trinajstić information content (AvgIpc) is 2.32. The number of imidazole rings is 1. The van der Waals surface area contributed by atoms with E-state index < -0.39 is 0 Å². The highest BCUT2D eigenvalue weighted by molar-refractivity contribution is 5.85. The Morgan fingerprint density at radius 2 is 2.33 bits per heavy atom. The molecule has 68 valence electrons. The van der Waals surface area contributed by atoms with Crippen LogP contribution in [0.2, 0.25) is 0 Å². The Kier molecular flexibility index (Phi) is 3.12. The fourth-order valence-corrected chi connectivity index (χ4v) is 1.37. The lowest BCUT2D eigenvalue weighted by atomic mass is 9.93. The lowest BCUT2D eigenvalue weighted by Crippen LogP contribution is -2.15. The molecular formula is C8H14ClN3. The zero-order valence-electron chi connectivity index (χ0n) is 6.94. The van der Waals surface area contributed by atoms with Gasteiger partial charge in [-0.25, -0.2) is 4.98 Å². The number of hydrogen-bond acceptors (Lipinski definition) is 2. The lowest BCUT2D eigenvalue weighted by Gasteiger charge is -2.26. The molecule has 0 atom stereocenters. The number of aromatic nitrogens is 2. The molecule has 12 heavy (non-hydrogen) atoms. The molecule has 1 aliphatic carbocycles. The van der Waals surface area contributed by atoms with E-state index in [-0.39, 0.29) is 12.4 Å². The summed E-state index contributed by atoms with van der Waals surface area (Å²) in [5.74, 6) is 0. The highest BCUT2D eigenvalue weighted by Crippen LogP contribution is 2.31. The van der Waals surface area contributed by atoms with Crippen molar-refractivity contribution in [3.05, 3.63) is 18.2 Å². The molecule has 0 aromatic carbocycles. The Labute approximate surface area is 78.4 Å². The first-order chi connectivity index (χ1) is 5.40. The van der Waals surface area contributed by atoms with Crippen LogP contribution < -0.4 is 5.73 Å². The Morgan fingerprint density at radius 3 is 2.75 bits per heavy atom. The molecule has 1 aliphatic rings. The van der Waals surface area contributed by atoms with Crippen molar-refractivity contribution in [1.29, 1.82) is 0 Å². The van der Waals surface area contributed by atoms with Crippen molar-refractivity contribution in [2.45, 2.75) is 31.8 Å². The number of rotatable bonds is 2. The summed E-state index contributed by atoms with van der Waals surface area (Å²) >= 11 is 0. The molecule has 0 radical (unpaired) electrons. The zero-order chi connectivity index (χ0) is 7.68. The molecule has 1 fully saturated rings. The van der Waals surface area contributed by atoms with Gasteiger partial charge >= 0.3 is 0 Å². The topological polar surface area (TPSA) is 43.8 Å². The summed E-state index contributed by atoms with van der Waals surface area (Å²) in [6.07, 6.45) is 7.93. The second-order valence-corrected chi connectivity index (χ2v) is 3.10. The molecule has 1 saturated carbocycles. The number of nitrogens with zero attached hydrogens (tertiary/aromatic N) is 2. The second-order valence-electron chi connectivity index (χ2n) is 3.10. The van der Waals surface area contributed by atoms with E-state index in [0.717, 1.165) is 5.69 Å². The largest absolute Gasteiger partial charge is 0.334 e. The minimum atomic E-state index is 0. The monoisotopic (exact) mass is 187 g/mol. The van der Waals surface area contributed by atoms with Crippen LogP contribution in [0.25, 0.3) is 0 Å². The highest BCUT2D eigenvalue weighted by Gasteiger charge is 2.18. The number of nitrogens with two attached hydrogens (primary N) is 1. The molecule has 0 bridgehead atoms. The van der Waals surface area contributed by atoms with Gasteiger partial charge in [-0.2, -0.15) is 0 Å². The average molecular weight is 188 g/mol. The predicted molar refractivity (Wildman–Crippen MR) is 50.3 cm³/mol. The van der Waals surface area contributed by atoms with Gasteiger partial charge in [-0.3, -0.25) is 0 Å². The van der Waals surface area contributed by atoms with E-state index in [4.69, 9.17) is 5.73 Å². The van der Waals surface area contributed by atoms with Crippen molar-refractivity contribution in [3.63, 3.8) is 0 Å². The third kappa shape index (κ3) is 1.62. The Hall–Kier alpha value is -0.540. The SMILES string of the molecule is Cl.NCc1cn(C2CCC2)cn1. The minimum Gasteiger partial charge on any atom is -0.334 e. The molecule has 1 aromatic heterocycles. The van der Waals surface area contributed by atoms with Crippen LogP contribution in [0.15, 0.2) is 12.5 Å². The van der Waals surface area contributed by atoms with E-state index in [1.165, 1.54) is 19.3 Å². The standard InChI is InChI=1S/C8H13N3.ClH/c9-4-7-5-11(6-10-7)8-2-1-3-8;/h5-6,8H,1-4,9H2;1H. The van der Waals surface area contributed by atoms with Crippen LogP contribution in [0.3, 0.4) is 0 Å². The van der Waals surface area contributed by atoms with E-state index >= 15 is 0 Å². The van der Waals surface area contributed by atoms with Crippen molar-refractivity contribution >= 4 is 12.4 Å². The Balaban J connectivity index is 0.000000720. The van der Waals surface area contributed by atoms with Gasteiger partial charge in [0.25, 0.3) is 0 Å². The van der Waals surface area contributed by atoms with Crippen LogP contribution in [0, 0.1) is 0 Å². The Morgan fingerprint density at radius 1 is 1.58 bits per heavy atom. The van der Waals surface area contributed by atoms with Crippen LogP contribution in [-0.4, -0.2) is 9.55 Å². The third-order valence-electron chi connectivity index (χ3n) is 2.36. The van der Waals surface area contributed by atoms with Crippen LogP contribution in [0.5, 0.6) is 0 Å². The Bertz CT molecular complexity index is 242. The fraction of sp³-hybridized carbons (Fsp3) is 0.625. The van der Waals surface area contributed by atoms with Gasteiger partial charge in [0.15, 0.2) is 0 Å². The van der Waals surface area contributed by atoms with Crippen molar-refractivity contribution in [2.24, 2.45) is 5.73 Å². The van der Waals surface area contributed by atoms with Crippen molar-refractivity contribution in [2.75, 3.05) is 0 Å². The molecule has 1 heterocycles. The van der Waals surface area contributed by atoms with Crippen LogP contribution >= 0.6 is 12.4 Å². The zero-order valence-corrected chi connectivity index (χ0v) is 7.76. The van der Waals surface area contributed by atoms with Crippen LogP contribution in [0.1, 0.15) is 31.0 Å². The van der Waals surface area contributed by atoms with Gasteiger partial charge < -0.3 is 10.3 Å². The molecule has 3 nitrogen and oxygen atoms in total. The van der Waals surface area contributed by atoms with E-state index in [0.29, 0.717) is 12.6 Å². The summed E-state index contributed by atoms with van der Waals surface area (Å²) in [6, 6.07) is 0.711. The maximum atomic E-state index is 5.45. The van der Waals surface area contributed by atoms with Gasteiger partial charge in [0, 0.05) is 18.8 Å². The van der Waals surface area contributed by atoms with Gasteiger partial charge in [0.1, 0.15) is 0 Å². The maximum absolute atomic E-state index is 5.45. The summed E-state index contributed by atoms with van der Waals surface area (Å²) in [5, 5.41) is 0. The summed E-state index contributed by atoms with van der Waals surface area (Å²) in [7, 11) is 0. The van der Waals surface area contributed by atoms with Gasteiger partial charge in [-0.1, -0.05) is 0 Å². The summed E-state index contributed by atoms with van der Waals surface area (Å²) < 4.78 is 2.19. The smallest absolute Gasteiger partial charge is 0.0952 e. The number of halogens is 1. The first-order valence-electron chi connectivity index (χ1n) is 4.12. The molecule has 2 N–H and O–H groups in total. The van der Waals surface area contributed by atoms with Gasteiger partial charge in [0.2, 0.25) is 0 Å². The number of hydrogen-bond donors (Lipinski definition) is 1. The molecule has 4 heteroatoms. The molecule has 0 spiro atoms. The molecule has 0 unspecified atom stereocenters. The second kappa shape index (κ2) is 3.92. The minimum absolute atomic E-state index is 0. The van der Waals surface area contributed by atoms with E-state index in [1.807, 2.05) is 6.33 Å². The summed E-state index contributed by atoms with van der Waals surface area (Å²) in [5.41, 5.74) is 6.44. The highest BCUT2D eigenvalue weighted by atomic mass is 35.5. The molecule has 0 saturated heterocycles. The fourth-order valence-electron chi connectivity index (χ4n) is 1.37. The molecular weight excluding hydrogens is 174 g/mol. The van der Waals surface area contributed by atoms with Crippen molar-refractivity contribution < 1.29 is 0 Å². The summed E-state index contributed by atoms with van der Waals surface area (Å²) in [6.45, 7) is 0.555. The lowest BCUT2D eigenvalue weighted by molar-refractivity contribution is 0.313. The molecule has 0 amide bonds. The van der Waals surface area contributed by atoms with Gasteiger partial charge in [-0.15, -0.1) is 12.4 Å². The first-order valence-corrected chi connectivity index (χ1v) is 4.12. The predicted octanol–water partition coefficient (Wildman–Crippen LogP) is 1.49. The normalized spacial score (nSPS) is 16.8. The summed E-state index contributed by atoms with van der Waals surface area (Å²) in [4.78, 5) is 4.18. The van der Waals surface area contributed by atoms with Crippen molar-refractivity contribution in [3.8, 4) is 0 Å². The molecule has 2 rings (SSSR count). The maximum Gasteiger partial charge on any atom is 0.0952 e. The van der Waals surface area contributed by atoms with Crippen LogP contribution in [-0.2, 0) is 6.54 Å². The van der Waals surface area contributed by atoms with E-state index in [2.05, 4.69) is 15.7 Å². The first kappa shape index (κ1) is 9.55. The quantitative estimate of drug-likeness (QED) is 0.763. The third-order valence-corrected chi connectivity index (χ3v) is 2.36. The molecule has 1 aromatic rings. The van der Waals surface area contributed by atoms with E-state index in [9.17, 15) is 0 Å². The molecule has 0 aliphatic heterocycles. The van der Waals surface area contributed by atoms with Crippen molar-refractivity contribution in [1.82, 2.24) is 9.55 Å². The van der Waals surface area contributed by atoms with E-state index in [1.54, 1.807) is 0 Å². The van der Waals surface area contributed by atoms with Crippen LogP contribution in [0.4, 0.5) is 0 Å². The van der Waals surface area contributed by atoms with Gasteiger partial charge in [0.05, 0.1) is 12.0 Å².